The number of carbonyl (C=O) groups is 1. The molecule has 4 aromatic rings. The number of nitrogens with zero attached hydrogens (tertiary/aromatic N) is 4. The first-order chi connectivity index (χ1) is 13.5. The molecule has 7 nitrogen and oxygen atoms in total. The molecule has 0 bridgehead atoms. The zero-order valence-electron chi connectivity index (χ0n) is 15.3. The van der Waals surface area contributed by atoms with Crippen molar-refractivity contribution in [3.63, 3.8) is 0 Å². The number of aromatic carboxylic acids is 1. The molecule has 28 heavy (non-hydrogen) atoms. The highest BCUT2D eigenvalue weighted by Crippen LogP contribution is 2.30. The van der Waals surface area contributed by atoms with Gasteiger partial charge in [0.25, 0.3) is 0 Å². The molecule has 0 saturated heterocycles. The Morgan fingerprint density at radius 3 is 2.75 bits per heavy atom. The fraction of sp³-hybridized carbons (Fsp3) is 0.211. The Hall–Kier alpha value is -2.91. The second-order valence-electron chi connectivity index (χ2n) is 6.17. The lowest BCUT2D eigenvalue weighted by molar-refractivity contribution is 0.0691. The third-order valence-electron chi connectivity index (χ3n) is 4.39. The maximum atomic E-state index is 11.0. The molecule has 0 aliphatic rings. The topological polar surface area (TPSA) is 101 Å². The monoisotopic (exact) mass is 411 g/mol. The van der Waals surface area contributed by atoms with Gasteiger partial charge in [0.15, 0.2) is 16.6 Å². The van der Waals surface area contributed by atoms with Gasteiger partial charge in [-0.15, -0.1) is 16.4 Å². The van der Waals surface area contributed by atoms with Crippen LogP contribution in [0.25, 0.3) is 10.2 Å². The standard InChI is InChI=1S/C19H17N5O2S2/c1-3-11-10(2)17(22-19-21-12-6-4-5-7-15(12)28-19)24-23-13(11)8-16-20-14(9-27-16)18(25)26/h4-7,9H,3,8H2,1-2H3,(H,25,26)(H,21,22,24). The van der Waals surface area contributed by atoms with Crippen LogP contribution < -0.4 is 5.32 Å². The number of thiazole rings is 2. The molecule has 0 amide bonds. The number of carboxylic acids is 1. The van der Waals surface area contributed by atoms with Gasteiger partial charge < -0.3 is 10.4 Å². The van der Waals surface area contributed by atoms with E-state index < -0.39 is 5.97 Å². The molecule has 0 aliphatic heterocycles. The molecule has 0 aliphatic carbocycles. The van der Waals surface area contributed by atoms with Crippen molar-refractivity contribution in [3.8, 4) is 0 Å². The van der Waals surface area contributed by atoms with Crippen LogP contribution in [0.15, 0.2) is 29.6 Å². The number of fused-ring (bicyclic) bond motifs is 1. The van der Waals surface area contributed by atoms with E-state index in [-0.39, 0.29) is 5.69 Å². The Morgan fingerprint density at radius 1 is 1.21 bits per heavy atom. The smallest absolute Gasteiger partial charge is 0.355 e. The summed E-state index contributed by atoms with van der Waals surface area (Å²) in [6.45, 7) is 4.08. The maximum absolute atomic E-state index is 11.0. The van der Waals surface area contributed by atoms with E-state index in [4.69, 9.17) is 5.11 Å². The number of hydrogen-bond donors (Lipinski definition) is 2. The van der Waals surface area contributed by atoms with E-state index in [1.54, 1.807) is 16.7 Å². The Kier molecular flexibility index (Phi) is 5.01. The lowest BCUT2D eigenvalue weighted by atomic mass is 10.0. The zero-order chi connectivity index (χ0) is 19.7. The van der Waals surface area contributed by atoms with Crippen LogP contribution in [0.4, 0.5) is 10.9 Å². The molecule has 3 aromatic heterocycles. The van der Waals surface area contributed by atoms with Gasteiger partial charge in [0, 0.05) is 11.8 Å². The molecule has 4 rings (SSSR count). The van der Waals surface area contributed by atoms with Crippen LogP contribution in [-0.2, 0) is 12.8 Å². The van der Waals surface area contributed by atoms with E-state index in [0.29, 0.717) is 17.2 Å². The normalized spacial score (nSPS) is 11.1. The number of para-hydroxylation sites is 1. The molecule has 0 saturated carbocycles. The van der Waals surface area contributed by atoms with E-state index in [9.17, 15) is 4.79 Å². The van der Waals surface area contributed by atoms with E-state index in [1.165, 1.54) is 11.3 Å². The van der Waals surface area contributed by atoms with Gasteiger partial charge in [-0.1, -0.05) is 30.4 Å². The van der Waals surface area contributed by atoms with Crippen LogP contribution in [0.3, 0.4) is 0 Å². The highest BCUT2D eigenvalue weighted by atomic mass is 32.1. The first-order valence-electron chi connectivity index (χ1n) is 8.70. The van der Waals surface area contributed by atoms with Crippen LogP contribution in [-0.4, -0.2) is 31.2 Å². The minimum absolute atomic E-state index is 0.0665. The van der Waals surface area contributed by atoms with Crippen LogP contribution in [0.2, 0.25) is 0 Å². The third-order valence-corrected chi connectivity index (χ3v) is 6.19. The average molecular weight is 412 g/mol. The Labute approximate surface area is 169 Å². The summed E-state index contributed by atoms with van der Waals surface area (Å²) in [5, 5.41) is 24.1. The minimum atomic E-state index is -1.02. The van der Waals surface area contributed by atoms with E-state index >= 15 is 0 Å². The summed E-state index contributed by atoms with van der Waals surface area (Å²) in [5.41, 5.74) is 3.94. The van der Waals surface area contributed by atoms with Crippen molar-refractivity contribution in [2.45, 2.75) is 26.7 Å². The fourth-order valence-corrected chi connectivity index (χ4v) is 4.63. The van der Waals surface area contributed by atoms with Crippen molar-refractivity contribution in [1.82, 2.24) is 20.2 Å². The first-order valence-corrected chi connectivity index (χ1v) is 10.4. The largest absolute Gasteiger partial charge is 0.476 e. The summed E-state index contributed by atoms with van der Waals surface area (Å²) in [7, 11) is 0. The van der Waals surface area contributed by atoms with Crippen LogP contribution in [0.1, 0.15) is 39.2 Å². The number of nitrogens with one attached hydrogen (secondary N) is 1. The summed E-state index contributed by atoms with van der Waals surface area (Å²) < 4.78 is 1.11. The summed E-state index contributed by atoms with van der Waals surface area (Å²) in [4.78, 5) is 19.8. The molecular formula is C19H17N5O2S2. The maximum Gasteiger partial charge on any atom is 0.355 e. The van der Waals surface area contributed by atoms with Crippen molar-refractivity contribution in [1.29, 1.82) is 0 Å². The van der Waals surface area contributed by atoms with Crippen molar-refractivity contribution in [2.24, 2.45) is 0 Å². The van der Waals surface area contributed by atoms with Gasteiger partial charge in [-0.2, -0.15) is 5.10 Å². The van der Waals surface area contributed by atoms with Gasteiger partial charge in [0.1, 0.15) is 0 Å². The second-order valence-corrected chi connectivity index (χ2v) is 8.15. The first kappa shape index (κ1) is 18.5. The Bertz CT molecular complexity index is 1140. The molecule has 1 aromatic carbocycles. The van der Waals surface area contributed by atoms with Gasteiger partial charge in [-0.25, -0.2) is 14.8 Å². The van der Waals surface area contributed by atoms with Crippen molar-refractivity contribution in [3.05, 3.63) is 57.2 Å². The highest BCUT2D eigenvalue weighted by molar-refractivity contribution is 7.22. The predicted octanol–water partition coefficient (Wildman–Crippen LogP) is 4.45. The lowest BCUT2D eigenvalue weighted by Crippen LogP contribution is -2.08. The van der Waals surface area contributed by atoms with Gasteiger partial charge in [-0.05, 0) is 36.6 Å². The molecular weight excluding hydrogens is 394 g/mol. The summed E-state index contributed by atoms with van der Waals surface area (Å²) in [5.74, 6) is -0.333. The fourth-order valence-electron chi connectivity index (χ4n) is 3.00. The molecule has 3 heterocycles. The quantitative estimate of drug-likeness (QED) is 0.483. The van der Waals surface area contributed by atoms with Gasteiger partial charge in [0.05, 0.1) is 20.9 Å². The second kappa shape index (κ2) is 7.61. The molecule has 2 N–H and O–H groups in total. The lowest BCUT2D eigenvalue weighted by Gasteiger charge is -2.12. The SMILES string of the molecule is CCc1c(Cc2nc(C(=O)O)cs2)nnc(Nc2nc3ccccc3s2)c1C. The van der Waals surface area contributed by atoms with Gasteiger partial charge in [-0.3, -0.25) is 0 Å². The molecule has 9 heteroatoms. The Morgan fingerprint density at radius 2 is 2.04 bits per heavy atom. The van der Waals surface area contributed by atoms with Gasteiger partial charge in [0.2, 0.25) is 0 Å². The number of rotatable bonds is 6. The zero-order valence-corrected chi connectivity index (χ0v) is 16.9. The molecule has 0 spiro atoms. The minimum Gasteiger partial charge on any atom is -0.476 e. The number of aromatic nitrogens is 4. The van der Waals surface area contributed by atoms with Crippen LogP contribution >= 0.6 is 22.7 Å². The summed E-state index contributed by atoms with van der Waals surface area (Å²) in [6, 6.07) is 7.98. The van der Waals surface area contributed by atoms with E-state index in [1.807, 2.05) is 31.2 Å². The summed E-state index contributed by atoms with van der Waals surface area (Å²) in [6.07, 6.45) is 1.26. The van der Waals surface area contributed by atoms with E-state index in [2.05, 4.69) is 32.4 Å². The van der Waals surface area contributed by atoms with Crippen molar-refractivity contribution < 1.29 is 9.90 Å². The Balaban J connectivity index is 1.62. The number of benzene rings is 1. The van der Waals surface area contributed by atoms with Crippen molar-refractivity contribution >= 4 is 49.8 Å². The van der Waals surface area contributed by atoms with E-state index in [0.717, 1.165) is 38.6 Å². The molecule has 0 fully saturated rings. The molecule has 0 unspecified atom stereocenters. The number of carboxylic acid groups (broad SMARTS) is 1. The molecule has 0 atom stereocenters. The van der Waals surface area contributed by atoms with Crippen LogP contribution in [0, 0.1) is 6.92 Å². The number of anilines is 2. The molecule has 142 valence electrons. The average Bonchev–Trinajstić information content (AvgIpc) is 3.30. The highest BCUT2D eigenvalue weighted by Gasteiger charge is 2.16. The number of hydrogen-bond acceptors (Lipinski definition) is 8. The predicted molar refractivity (Wildman–Crippen MR) is 111 cm³/mol. The third kappa shape index (κ3) is 3.58. The van der Waals surface area contributed by atoms with Crippen molar-refractivity contribution in [2.75, 3.05) is 5.32 Å². The summed E-state index contributed by atoms with van der Waals surface area (Å²) >= 11 is 2.90. The van der Waals surface area contributed by atoms with Gasteiger partial charge >= 0.3 is 5.97 Å². The molecule has 0 radical (unpaired) electrons. The van der Waals surface area contributed by atoms with Crippen LogP contribution in [0.5, 0.6) is 0 Å².